The smallest absolute Gasteiger partial charge is 0.414 e. The van der Waals surface area contributed by atoms with Crippen molar-refractivity contribution in [3.05, 3.63) is 0 Å². The maximum Gasteiger partial charge on any atom is 0.414 e. The minimum Gasteiger partial charge on any atom is -0.446 e. The molecular weight excluding hydrogens is 212 g/mol. The Hall–Kier alpha value is -2.12. The second kappa shape index (κ2) is 5.10. The third-order valence-corrected chi connectivity index (χ3v) is 1.77. The predicted molar refractivity (Wildman–Crippen MR) is 58.5 cm³/mol. The summed E-state index contributed by atoms with van der Waals surface area (Å²) in [6.07, 6.45) is -0.120. The molecule has 8 nitrogen and oxygen atoms in total. The molecule has 1 unspecified atom stereocenters. The molecule has 0 saturated heterocycles. The number of rotatable bonds is 3. The zero-order valence-electron chi connectivity index (χ0n) is 9.10. The van der Waals surface area contributed by atoms with Gasteiger partial charge in [0.25, 0.3) is 0 Å². The van der Waals surface area contributed by atoms with E-state index >= 15 is 0 Å². The van der Waals surface area contributed by atoms with Crippen molar-refractivity contribution in [3.63, 3.8) is 0 Å². The van der Waals surface area contributed by atoms with Crippen molar-refractivity contribution in [1.29, 1.82) is 0 Å². The summed E-state index contributed by atoms with van der Waals surface area (Å²) in [6.45, 7) is 3.67. The van der Waals surface area contributed by atoms with Gasteiger partial charge in [0.1, 0.15) is 6.10 Å². The van der Waals surface area contributed by atoms with E-state index in [2.05, 4.69) is 20.3 Å². The fraction of sp³-hybridized carbons (Fsp3) is 0.500. The van der Waals surface area contributed by atoms with Crippen molar-refractivity contribution in [3.8, 4) is 0 Å². The molecule has 0 bridgehead atoms. The van der Waals surface area contributed by atoms with E-state index in [9.17, 15) is 4.79 Å². The van der Waals surface area contributed by atoms with Crippen LogP contribution >= 0.6 is 0 Å². The minimum absolute atomic E-state index is 0.0293. The average molecular weight is 226 g/mol. The van der Waals surface area contributed by atoms with Crippen molar-refractivity contribution in [1.82, 2.24) is 15.0 Å². The molecule has 0 saturated carbocycles. The number of hydrogen-bond acceptors (Lipinski definition) is 7. The summed E-state index contributed by atoms with van der Waals surface area (Å²) in [6, 6.07) is 0. The molecule has 1 heterocycles. The molecule has 0 aliphatic carbocycles. The summed E-state index contributed by atoms with van der Waals surface area (Å²) in [5, 5.41) is 2.31. The Balaban J connectivity index is 2.62. The molecule has 1 aromatic rings. The Labute approximate surface area is 92.4 Å². The third kappa shape index (κ3) is 3.56. The lowest BCUT2D eigenvalue weighted by atomic mass is 10.3. The van der Waals surface area contributed by atoms with Gasteiger partial charge in [-0.05, 0) is 13.3 Å². The predicted octanol–water partition coefficient (Wildman–Crippen LogP) is 0.383. The number of nitrogens with two attached hydrogens (primary N) is 2. The number of aromatic nitrogens is 3. The summed E-state index contributed by atoms with van der Waals surface area (Å²) < 4.78 is 4.95. The summed E-state index contributed by atoms with van der Waals surface area (Å²) in [4.78, 5) is 22.2. The highest BCUT2D eigenvalue weighted by Gasteiger charge is 2.10. The first-order valence-electron chi connectivity index (χ1n) is 4.76. The molecule has 0 fully saturated rings. The molecular formula is C8H14N6O2. The van der Waals surface area contributed by atoms with Crippen LogP contribution in [0.1, 0.15) is 20.3 Å². The van der Waals surface area contributed by atoms with E-state index in [0.29, 0.717) is 0 Å². The van der Waals surface area contributed by atoms with Crippen LogP contribution in [0.3, 0.4) is 0 Å². The highest BCUT2D eigenvalue weighted by atomic mass is 16.6. The molecule has 0 radical (unpaired) electrons. The number of carbonyl (C=O) groups excluding carboxylic acids is 1. The first-order chi connectivity index (χ1) is 7.51. The van der Waals surface area contributed by atoms with Crippen LogP contribution in [0.5, 0.6) is 0 Å². The molecule has 0 aromatic carbocycles. The molecule has 0 aliphatic heterocycles. The van der Waals surface area contributed by atoms with E-state index in [1.54, 1.807) is 6.92 Å². The van der Waals surface area contributed by atoms with Crippen LogP contribution in [-0.4, -0.2) is 27.1 Å². The van der Waals surface area contributed by atoms with Crippen LogP contribution in [0.25, 0.3) is 0 Å². The molecule has 8 heteroatoms. The first kappa shape index (κ1) is 12.0. The molecule has 16 heavy (non-hydrogen) atoms. The van der Waals surface area contributed by atoms with Crippen molar-refractivity contribution in [2.75, 3.05) is 16.8 Å². The largest absolute Gasteiger partial charge is 0.446 e. The van der Waals surface area contributed by atoms with Crippen LogP contribution in [0.15, 0.2) is 0 Å². The van der Waals surface area contributed by atoms with E-state index < -0.39 is 6.09 Å². The van der Waals surface area contributed by atoms with Gasteiger partial charge in [-0.1, -0.05) is 6.92 Å². The molecule has 1 amide bonds. The van der Waals surface area contributed by atoms with Crippen molar-refractivity contribution >= 4 is 23.9 Å². The highest BCUT2D eigenvalue weighted by molar-refractivity contribution is 5.82. The SMILES string of the molecule is CCC(C)OC(=O)Nc1nc(N)nc(N)n1. The topological polar surface area (TPSA) is 129 Å². The Kier molecular flexibility index (Phi) is 3.81. The van der Waals surface area contributed by atoms with Crippen LogP contribution in [-0.2, 0) is 4.74 Å². The standard InChI is InChI=1S/C8H14N6O2/c1-3-4(2)16-8(15)14-7-12-5(9)11-6(10)13-7/h4H,3H2,1-2H3,(H5,9,10,11,12,13,14,15). The fourth-order valence-electron chi connectivity index (χ4n) is 0.852. The average Bonchev–Trinajstić information content (AvgIpc) is 2.15. The number of anilines is 3. The number of nitrogen functional groups attached to an aromatic ring is 2. The Morgan fingerprint density at radius 1 is 1.38 bits per heavy atom. The Morgan fingerprint density at radius 2 is 1.94 bits per heavy atom. The lowest BCUT2D eigenvalue weighted by molar-refractivity contribution is 0.118. The van der Waals surface area contributed by atoms with E-state index in [4.69, 9.17) is 16.2 Å². The lowest BCUT2D eigenvalue weighted by Gasteiger charge is -2.10. The van der Waals surface area contributed by atoms with Crippen LogP contribution < -0.4 is 16.8 Å². The molecule has 1 atom stereocenters. The Morgan fingerprint density at radius 3 is 2.44 bits per heavy atom. The quantitative estimate of drug-likeness (QED) is 0.679. The van der Waals surface area contributed by atoms with Gasteiger partial charge in [0.05, 0.1) is 0 Å². The molecule has 0 spiro atoms. The zero-order chi connectivity index (χ0) is 12.1. The van der Waals surface area contributed by atoms with Crippen molar-refractivity contribution in [2.24, 2.45) is 0 Å². The van der Waals surface area contributed by atoms with Gasteiger partial charge in [0.15, 0.2) is 0 Å². The van der Waals surface area contributed by atoms with Crippen LogP contribution in [0.4, 0.5) is 22.6 Å². The van der Waals surface area contributed by atoms with Gasteiger partial charge in [-0.15, -0.1) is 0 Å². The van der Waals surface area contributed by atoms with Gasteiger partial charge < -0.3 is 16.2 Å². The molecule has 5 N–H and O–H groups in total. The van der Waals surface area contributed by atoms with Crippen molar-refractivity contribution < 1.29 is 9.53 Å². The first-order valence-corrected chi connectivity index (χ1v) is 4.76. The van der Waals surface area contributed by atoms with Gasteiger partial charge >= 0.3 is 6.09 Å². The van der Waals surface area contributed by atoms with E-state index in [1.807, 2.05) is 6.92 Å². The monoisotopic (exact) mass is 226 g/mol. The normalized spacial score (nSPS) is 11.9. The van der Waals surface area contributed by atoms with Gasteiger partial charge in [-0.3, -0.25) is 5.32 Å². The van der Waals surface area contributed by atoms with Gasteiger partial charge in [-0.25, -0.2) is 4.79 Å². The second-order valence-electron chi connectivity index (χ2n) is 3.12. The number of nitrogens with zero attached hydrogens (tertiary/aromatic N) is 3. The van der Waals surface area contributed by atoms with Gasteiger partial charge in [-0.2, -0.15) is 15.0 Å². The molecule has 0 aliphatic rings. The summed E-state index contributed by atoms with van der Waals surface area (Å²) in [7, 11) is 0. The third-order valence-electron chi connectivity index (χ3n) is 1.77. The molecule has 1 aromatic heterocycles. The number of amides is 1. The summed E-state index contributed by atoms with van der Waals surface area (Å²) >= 11 is 0. The van der Waals surface area contributed by atoms with E-state index in [-0.39, 0.29) is 23.9 Å². The number of carbonyl (C=O) groups is 1. The van der Waals surface area contributed by atoms with Crippen LogP contribution in [0.2, 0.25) is 0 Å². The number of nitrogens with one attached hydrogen (secondary N) is 1. The Bertz CT molecular complexity index is 363. The fourth-order valence-corrected chi connectivity index (χ4v) is 0.852. The number of hydrogen-bond donors (Lipinski definition) is 3. The zero-order valence-corrected chi connectivity index (χ0v) is 9.10. The maximum atomic E-state index is 11.3. The molecule has 88 valence electrons. The minimum atomic E-state index is -0.653. The van der Waals surface area contributed by atoms with Gasteiger partial charge in [0.2, 0.25) is 17.8 Å². The number of ether oxygens (including phenoxy) is 1. The second-order valence-corrected chi connectivity index (χ2v) is 3.12. The van der Waals surface area contributed by atoms with Gasteiger partial charge in [0, 0.05) is 0 Å². The van der Waals surface area contributed by atoms with Crippen LogP contribution in [0, 0.1) is 0 Å². The summed E-state index contributed by atoms with van der Waals surface area (Å²) in [5.41, 5.74) is 10.7. The summed E-state index contributed by atoms with van der Waals surface area (Å²) in [5.74, 6) is -0.156. The highest BCUT2D eigenvalue weighted by Crippen LogP contribution is 2.05. The van der Waals surface area contributed by atoms with Crippen molar-refractivity contribution in [2.45, 2.75) is 26.4 Å². The lowest BCUT2D eigenvalue weighted by Crippen LogP contribution is -2.21. The van der Waals surface area contributed by atoms with E-state index in [1.165, 1.54) is 0 Å². The van der Waals surface area contributed by atoms with E-state index in [0.717, 1.165) is 6.42 Å². The maximum absolute atomic E-state index is 11.3. The molecule has 1 rings (SSSR count).